The summed E-state index contributed by atoms with van der Waals surface area (Å²) in [4.78, 5) is 0. The molecule has 0 aromatic carbocycles. The molecule has 0 aromatic heterocycles. The Morgan fingerprint density at radius 2 is 1.85 bits per heavy atom. The number of hydrogen-bond acceptors (Lipinski definition) is 2. The molecular weight excluding hydrogens is 186 g/mol. The number of sulfonamides is 1. The van der Waals surface area contributed by atoms with Crippen molar-refractivity contribution in [1.29, 1.82) is 0 Å². The summed E-state index contributed by atoms with van der Waals surface area (Å²) >= 11 is 0. The van der Waals surface area contributed by atoms with Gasteiger partial charge in [-0.15, -0.1) is 11.8 Å². The van der Waals surface area contributed by atoms with Gasteiger partial charge in [0, 0.05) is 13.0 Å². The van der Waals surface area contributed by atoms with Gasteiger partial charge in [0.1, 0.15) is 0 Å². The van der Waals surface area contributed by atoms with Crippen molar-refractivity contribution in [2.24, 2.45) is 0 Å². The fraction of sp³-hybridized carbons (Fsp3) is 0.778. The van der Waals surface area contributed by atoms with Gasteiger partial charge in [-0.3, -0.25) is 0 Å². The minimum absolute atomic E-state index is 0.389. The van der Waals surface area contributed by atoms with Crippen molar-refractivity contribution in [2.75, 3.05) is 6.54 Å². The van der Waals surface area contributed by atoms with Crippen molar-refractivity contribution in [2.45, 2.75) is 38.9 Å². The molecule has 1 N–H and O–H groups in total. The molecule has 0 radical (unpaired) electrons. The second-order valence-electron chi connectivity index (χ2n) is 3.69. The highest BCUT2D eigenvalue weighted by molar-refractivity contribution is 7.90. The van der Waals surface area contributed by atoms with E-state index in [0.29, 0.717) is 13.0 Å². The van der Waals surface area contributed by atoms with Crippen LogP contribution in [0.3, 0.4) is 0 Å². The maximum atomic E-state index is 11.5. The largest absolute Gasteiger partial charge is 0.216 e. The van der Waals surface area contributed by atoms with E-state index in [1.165, 1.54) is 0 Å². The fourth-order valence-electron chi connectivity index (χ4n) is 0.589. The molecule has 0 fully saturated rings. The Hall–Kier alpha value is -0.530. The van der Waals surface area contributed by atoms with E-state index in [9.17, 15) is 8.42 Å². The number of rotatable bonds is 3. The Labute approximate surface area is 81.0 Å². The van der Waals surface area contributed by atoms with Crippen molar-refractivity contribution in [3.63, 3.8) is 0 Å². The van der Waals surface area contributed by atoms with Crippen molar-refractivity contribution < 1.29 is 8.42 Å². The lowest BCUT2D eigenvalue weighted by atomic mass is 10.3. The van der Waals surface area contributed by atoms with E-state index in [2.05, 4.69) is 16.6 Å². The zero-order chi connectivity index (χ0) is 10.5. The molecule has 0 amide bonds. The van der Waals surface area contributed by atoms with Crippen molar-refractivity contribution in [1.82, 2.24) is 4.72 Å². The predicted octanol–water partition coefficient (Wildman–Crippen LogP) is 1.12. The maximum absolute atomic E-state index is 11.5. The molecule has 0 rings (SSSR count). The van der Waals surface area contributed by atoms with Crippen LogP contribution in [-0.2, 0) is 10.0 Å². The molecule has 0 spiro atoms. The van der Waals surface area contributed by atoms with Gasteiger partial charge in [-0.05, 0) is 27.7 Å². The quantitative estimate of drug-likeness (QED) is 0.552. The smallest absolute Gasteiger partial charge is 0.214 e. The Bertz CT molecular complexity index is 301. The first-order valence-corrected chi connectivity index (χ1v) is 5.68. The number of nitrogens with one attached hydrogen (secondary N) is 1. The molecule has 4 heteroatoms. The van der Waals surface area contributed by atoms with E-state index in [-0.39, 0.29) is 0 Å². The first-order valence-electron chi connectivity index (χ1n) is 4.20. The Balaban J connectivity index is 4.12. The van der Waals surface area contributed by atoms with Gasteiger partial charge in [-0.1, -0.05) is 0 Å². The molecule has 0 aliphatic heterocycles. The molecule has 0 unspecified atom stereocenters. The summed E-state index contributed by atoms with van der Waals surface area (Å²) < 4.78 is 24.7. The monoisotopic (exact) mass is 203 g/mol. The highest BCUT2D eigenvalue weighted by Gasteiger charge is 2.27. The van der Waals surface area contributed by atoms with Crippen LogP contribution in [0.1, 0.15) is 34.1 Å². The lowest BCUT2D eigenvalue weighted by Gasteiger charge is -2.19. The van der Waals surface area contributed by atoms with Crippen LogP contribution in [0.15, 0.2) is 0 Å². The summed E-state index contributed by atoms with van der Waals surface area (Å²) in [6, 6.07) is 0. The van der Waals surface area contributed by atoms with Gasteiger partial charge in [-0.25, -0.2) is 13.1 Å². The first kappa shape index (κ1) is 12.5. The Kier molecular flexibility index (Phi) is 4.45. The average molecular weight is 203 g/mol. The molecule has 0 heterocycles. The third-order valence-corrected chi connectivity index (χ3v) is 3.72. The molecule has 0 atom stereocenters. The highest BCUT2D eigenvalue weighted by Crippen LogP contribution is 2.12. The van der Waals surface area contributed by atoms with Crippen LogP contribution in [0.5, 0.6) is 0 Å². The molecule has 76 valence electrons. The van der Waals surface area contributed by atoms with Gasteiger partial charge < -0.3 is 0 Å². The van der Waals surface area contributed by atoms with E-state index >= 15 is 0 Å². The third kappa shape index (κ3) is 4.30. The topological polar surface area (TPSA) is 46.2 Å². The second-order valence-corrected chi connectivity index (χ2v) is 6.21. The molecule has 0 aliphatic carbocycles. The van der Waals surface area contributed by atoms with Gasteiger partial charge in [0.2, 0.25) is 10.0 Å². The van der Waals surface area contributed by atoms with Gasteiger partial charge in [0.25, 0.3) is 0 Å². The molecule has 0 aromatic rings. The van der Waals surface area contributed by atoms with E-state index in [0.717, 1.165) is 0 Å². The molecule has 0 bridgehead atoms. The summed E-state index contributed by atoms with van der Waals surface area (Å²) in [5.41, 5.74) is 0. The van der Waals surface area contributed by atoms with Gasteiger partial charge in [0.15, 0.2) is 0 Å². The Morgan fingerprint density at radius 3 is 2.23 bits per heavy atom. The van der Waals surface area contributed by atoms with Crippen LogP contribution in [-0.4, -0.2) is 19.7 Å². The minimum Gasteiger partial charge on any atom is -0.214 e. The van der Waals surface area contributed by atoms with Crippen LogP contribution >= 0.6 is 0 Å². The van der Waals surface area contributed by atoms with Crippen molar-refractivity contribution in [3.8, 4) is 11.8 Å². The van der Waals surface area contributed by atoms with Gasteiger partial charge in [0.05, 0.1) is 4.75 Å². The van der Waals surface area contributed by atoms with Crippen LogP contribution in [0.2, 0.25) is 0 Å². The third-order valence-electron chi connectivity index (χ3n) is 1.53. The zero-order valence-corrected chi connectivity index (χ0v) is 9.46. The standard InChI is InChI=1S/C9H17NO2S/c1-5-6-7-8-10-13(11,12)9(2,3)4/h10H,7-8H2,1-4H3. The van der Waals surface area contributed by atoms with Gasteiger partial charge in [-0.2, -0.15) is 0 Å². The summed E-state index contributed by atoms with van der Waals surface area (Å²) in [7, 11) is -3.20. The highest BCUT2D eigenvalue weighted by atomic mass is 32.2. The zero-order valence-electron chi connectivity index (χ0n) is 8.64. The van der Waals surface area contributed by atoms with Crippen LogP contribution in [0, 0.1) is 11.8 Å². The summed E-state index contributed by atoms with van der Waals surface area (Å²) in [5.74, 6) is 5.50. The van der Waals surface area contributed by atoms with E-state index in [1.807, 2.05) is 0 Å². The van der Waals surface area contributed by atoms with Crippen molar-refractivity contribution in [3.05, 3.63) is 0 Å². The van der Waals surface area contributed by atoms with Crippen LogP contribution in [0.4, 0.5) is 0 Å². The molecule has 0 saturated heterocycles. The lowest BCUT2D eigenvalue weighted by Crippen LogP contribution is -2.39. The SMILES string of the molecule is CC#CCCNS(=O)(=O)C(C)(C)C. The fourth-order valence-corrected chi connectivity index (χ4v) is 1.39. The first-order chi connectivity index (χ1) is 5.81. The molecule has 13 heavy (non-hydrogen) atoms. The predicted molar refractivity (Wildman–Crippen MR) is 54.7 cm³/mol. The maximum Gasteiger partial charge on any atom is 0.216 e. The minimum atomic E-state index is -3.20. The lowest BCUT2D eigenvalue weighted by molar-refractivity contribution is 0.546. The molecule has 0 aliphatic rings. The van der Waals surface area contributed by atoms with Crippen LogP contribution in [0.25, 0.3) is 0 Å². The summed E-state index contributed by atoms with van der Waals surface area (Å²) in [6.07, 6.45) is 0.561. The van der Waals surface area contributed by atoms with E-state index in [4.69, 9.17) is 0 Å². The molecular formula is C9H17NO2S. The second kappa shape index (κ2) is 4.64. The molecule has 3 nitrogen and oxygen atoms in total. The normalized spacial score (nSPS) is 12.0. The average Bonchev–Trinajstić information content (AvgIpc) is 1.96. The van der Waals surface area contributed by atoms with E-state index < -0.39 is 14.8 Å². The Morgan fingerprint density at radius 1 is 1.31 bits per heavy atom. The molecule has 0 saturated carbocycles. The summed E-state index contributed by atoms with van der Waals surface area (Å²) in [6.45, 7) is 7.13. The van der Waals surface area contributed by atoms with Gasteiger partial charge >= 0.3 is 0 Å². The summed E-state index contributed by atoms with van der Waals surface area (Å²) in [5, 5.41) is 0. The van der Waals surface area contributed by atoms with E-state index in [1.54, 1.807) is 27.7 Å². The van der Waals surface area contributed by atoms with Crippen molar-refractivity contribution >= 4 is 10.0 Å². The number of hydrogen-bond donors (Lipinski definition) is 1. The van der Waals surface area contributed by atoms with Crippen LogP contribution < -0.4 is 4.72 Å².